The summed E-state index contributed by atoms with van der Waals surface area (Å²) in [6.07, 6.45) is 3.14. The minimum absolute atomic E-state index is 0.309. The van der Waals surface area contributed by atoms with Crippen molar-refractivity contribution >= 4 is 27.5 Å². The maximum atomic E-state index is 13.5. The van der Waals surface area contributed by atoms with Crippen molar-refractivity contribution < 1.29 is 8.60 Å². The zero-order valence-corrected chi connectivity index (χ0v) is 13.7. The molecule has 1 heterocycles. The first kappa shape index (κ1) is 15.6. The fourth-order valence-corrected chi connectivity index (χ4v) is 2.97. The smallest absolute Gasteiger partial charge is 0.140 e. The van der Waals surface area contributed by atoms with Crippen LogP contribution in [0.3, 0.4) is 0 Å². The molecule has 1 atom stereocenters. The van der Waals surface area contributed by atoms with Gasteiger partial charge in [-0.15, -0.1) is 0 Å². The topological polar surface area (TPSA) is 46.1 Å². The van der Waals surface area contributed by atoms with E-state index in [-0.39, 0.29) is 5.82 Å². The molecule has 0 fully saturated rings. The van der Waals surface area contributed by atoms with Gasteiger partial charge >= 0.3 is 0 Å². The van der Waals surface area contributed by atoms with Crippen LogP contribution in [0.2, 0.25) is 0 Å². The molecule has 3 aromatic rings. The van der Waals surface area contributed by atoms with Crippen molar-refractivity contribution in [2.24, 2.45) is 0 Å². The number of anilines is 1. The van der Waals surface area contributed by atoms with Crippen LogP contribution in [0.1, 0.15) is 5.56 Å². The average Bonchev–Trinajstić information content (AvgIpc) is 2.54. The molecular formula is C17H16FN3OS. The van der Waals surface area contributed by atoms with Gasteiger partial charge in [0.15, 0.2) is 0 Å². The van der Waals surface area contributed by atoms with Crippen LogP contribution >= 0.6 is 0 Å². The Bertz CT molecular complexity index is 867. The molecule has 6 heteroatoms. The highest BCUT2D eigenvalue weighted by Crippen LogP contribution is 2.24. The lowest BCUT2D eigenvalue weighted by molar-refractivity contribution is 0.629. The van der Waals surface area contributed by atoms with Crippen LogP contribution in [0.4, 0.5) is 10.2 Å². The lowest BCUT2D eigenvalue weighted by Crippen LogP contribution is -2.18. The van der Waals surface area contributed by atoms with Gasteiger partial charge in [0.2, 0.25) is 0 Å². The van der Waals surface area contributed by atoms with Gasteiger partial charge in [-0.3, -0.25) is 4.21 Å². The third-order valence-electron chi connectivity index (χ3n) is 3.61. The van der Waals surface area contributed by atoms with Gasteiger partial charge in [-0.05, 0) is 35.9 Å². The number of rotatable bonds is 4. The number of aromatic nitrogens is 2. The Morgan fingerprint density at radius 1 is 1.13 bits per heavy atom. The number of hydrogen-bond acceptors (Lipinski definition) is 4. The highest BCUT2D eigenvalue weighted by molar-refractivity contribution is 7.84. The normalized spacial score (nSPS) is 12.3. The van der Waals surface area contributed by atoms with Crippen molar-refractivity contribution in [2.45, 2.75) is 11.4 Å². The molecule has 0 saturated heterocycles. The second kappa shape index (κ2) is 6.42. The molecule has 0 aliphatic rings. The Morgan fingerprint density at radius 2 is 1.87 bits per heavy atom. The Kier molecular flexibility index (Phi) is 4.34. The molecular weight excluding hydrogens is 313 g/mol. The van der Waals surface area contributed by atoms with E-state index in [0.717, 1.165) is 10.5 Å². The van der Waals surface area contributed by atoms with Crippen LogP contribution < -0.4 is 4.90 Å². The summed E-state index contributed by atoms with van der Waals surface area (Å²) in [5.74, 6) is 0.370. The fourth-order valence-electron chi connectivity index (χ4n) is 2.45. The van der Waals surface area contributed by atoms with Gasteiger partial charge in [-0.1, -0.05) is 12.1 Å². The summed E-state index contributed by atoms with van der Waals surface area (Å²) in [4.78, 5) is 11.2. The van der Waals surface area contributed by atoms with Crippen LogP contribution in [0.5, 0.6) is 0 Å². The molecule has 23 heavy (non-hydrogen) atoms. The first-order valence-electron chi connectivity index (χ1n) is 7.08. The average molecular weight is 329 g/mol. The van der Waals surface area contributed by atoms with E-state index in [1.807, 2.05) is 36.2 Å². The lowest BCUT2D eigenvalue weighted by atomic mass is 10.2. The maximum Gasteiger partial charge on any atom is 0.140 e. The Labute approximate surface area is 136 Å². The molecule has 2 aromatic carbocycles. The number of hydrogen-bond donors (Lipinski definition) is 0. The van der Waals surface area contributed by atoms with Crippen molar-refractivity contribution in [3.05, 3.63) is 60.2 Å². The predicted molar refractivity (Wildman–Crippen MR) is 90.4 cm³/mol. The molecule has 3 rings (SSSR count). The minimum atomic E-state index is -0.983. The summed E-state index contributed by atoms with van der Waals surface area (Å²) < 4.78 is 25.0. The van der Waals surface area contributed by atoms with Crippen molar-refractivity contribution in [3.63, 3.8) is 0 Å². The van der Waals surface area contributed by atoms with E-state index < -0.39 is 10.8 Å². The highest BCUT2D eigenvalue weighted by atomic mass is 32.2. The molecule has 118 valence electrons. The SMILES string of the molecule is CN(Cc1ccc([S@](C)=O)cc1)c1ncnc2ccc(F)cc12. The van der Waals surface area contributed by atoms with Crippen molar-refractivity contribution in [1.82, 2.24) is 9.97 Å². The summed E-state index contributed by atoms with van der Waals surface area (Å²) in [6.45, 7) is 0.610. The lowest BCUT2D eigenvalue weighted by Gasteiger charge is -2.19. The molecule has 4 nitrogen and oxygen atoms in total. The summed E-state index contributed by atoms with van der Waals surface area (Å²) >= 11 is 0. The van der Waals surface area contributed by atoms with Gasteiger partial charge < -0.3 is 4.90 Å². The van der Waals surface area contributed by atoms with Crippen molar-refractivity contribution in [1.29, 1.82) is 0 Å². The van der Waals surface area contributed by atoms with Crippen molar-refractivity contribution in [3.8, 4) is 0 Å². The van der Waals surface area contributed by atoms with Crippen LogP contribution in [-0.4, -0.2) is 27.5 Å². The van der Waals surface area contributed by atoms with Gasteiger partial charge in [0.05, 0.1) is 5.52 Å². The van der Waals surface area contributed by atoms with Gasteiger partial charge in [0, 0.05) is 40.9 Å². The van der Waals surface area contributed by atoms with E-state index in [0.29, 0.717) is 23.3 Å². The van der Waals surface area contributed by atoms with Crippen molar-refractivity contribution in [2.75, 3.05) is 18.2 Å². The largest absolute Gasteiger partial charge is 0.355 e. The van der Waals surface area contributed by atoms with Gasteiger partial charge in [0.1, 0.15) is 18.0 Å². The predicted octanol–water partition coefficient (Wildman–Crippen LogP) is 3.14. The van der Waals surface area contributed by atoms with Crippen LogP contribution in [-0.2, 0) is 17.3 Å². The molecule has 0 unspecified atom stereocenters. The molecule has 0 bridgehead atoms. The third kappa shape index (κ3) is 3.37. The van der Waals surface area contributed by atoms with Crippen LogP contribution in [0, 0.1) is 5.82 Å². The van der Waals surface area contributed by atoms with Gasteiger partial charge in [-0.2, -0.15) is 0 Å². The molecule has 0 radical (unpaired) electrons. The molecule has 0 aliphatic carbocycles. The Balaban J connectivity index is 1.90. The molecule has 0 N–H and O–H groups in total. The van der Waals surface area contributed by atoms with Gasteiger partial charge in [-0.25, -0.2) is 14.4 Å². The van der Waals surface area contributed by atoms with E-state index >= 15 is 0 Å². The maximum absolute atomic E-state index is 13.5. The molecule has 0 aliphatic heterocycles. The van der Waals surface area contributed by atoms with E-state index in [4.69, 9.17) is 0 Å². The van der Waals surface area contributed by atoms with E-state index in [2.05, 4.69) is 9.97 Å². The second-order valence-corrected chi connectivity index (χ2v) is 6.69. The second-order valence-electron chi connectivity index (χ2n) is 5.31. The molecule has 0 spiro atoms. The minimum Gasteiger partial charge on any atom is -0.355 e. The van der Waals surface area contributed by atoms with Crippen LogP contribution in [0.15, 0.2) is 53.7 Å². The quantitative estimate of drug-likeness (QED) is 0.738. The molecule has 0 saturated carbocycles. The zero-order valence-electron chi connectivity index (χ0n) is 12.9. The number of nitrogens with zero attached hydrogens (tertiary/aromatic N) is 3. The fraction of sp³-hybridized carbons (Fsp3) is 0.176. The third-order valence-corrected chi connectivity index (χ3v) is 4.55. The number of benzene rings is 2. The summed E-state index contributed by atoms with van der Waals surface area (Å²) in [6, 6.07) is 12.1. The summed E-state index contributed by atoms with van der Waals surface area (Å²) in [5.41, 5.74) is 1.77. The first-order valence-corrected chi connectivity index (χ1v) is 8.64. The standard InChI is InChI=1S/C17H16FN3OS/c1-21(10-12-3-6-14(7-4-12)23(2)22)17-15-9-13(18)5-8-16(15)19-11-20-17/h3-9,11H,10H2,1-2H3/t23-/m0/s1. The Hall–Kier alpha value is -2.34. The molecule has 1 aromatic heterocycles. The number of halogens is 1. The Morgan fingerprint density at radius 3 is 2.57 bits per heavy atom. The van der Waals surface area contributed by atoms with E-state index in [9.17, 15) is 8.60 Å². The number of fused-ring (bicyclic) bond motifs is 1. The first-order chi connectivity index (χ1) is 11.0. The zero-order chi connectivity index (χ0) is 16.4. The highest BCUT2D eigenvalue weighted by Gasteiger charge is 2.10. The van der Waals surface area contributed by atoms with E-state index in [1.165, 1.54) is 18.5 Å². The van der Waals surface area contributed by atoms with Crippen LogP contribution in [0.25, 0.3) is 10.9 Å². The summed E-state index contributed by atoms with van der Waals surface area (Å²) in [7, 11) is 0.918. The van der Waals surface area contributed by atoms with E-state index in [1.54, 1.807) is 12.3 Å². The molecule has 0 amide bonds. The van der Waals surface area contributed by atoms with Gasteiger partial charge in [0.25, 0.3) is 0 Å². The summed E-state index contributed by atoms with van der Waals surface area (Å²) in [5, 5.41) is 0.682. The monoisotopic (exact) mass is 329 g/mol.